The summed E-state index contributed by atoms with van der Waals surface area (Å²) in [5.74, 6) is 0. The molecule has 0 aromatic heterocycles. The van der Waals surface area contributed by atoms with Crippen molar-refractivity contribution in [3.63, 3.8) is 0 Å². The Labute approximate surface area is 193 Å². The monoisotopic (exact) mass is 500 g/mol. The van der Waals surface area contributed by atoms with Crippen LogP contribution in [0.5, 0.6) is 0 Å². The number of hydrogen-bond acceptors (Lipinski definition) is 8. The van der Waals surface area contributed by atoms with Crippen LogP contribution in [0.15, 0.2) is 0 Å². The Kier molecular flexibility index (Phi) is 9.91. The van der Waals surface area contributed by atoms with E-state index in [0.717, 1.165) is 0 Å². The van der Waals surface area contributed by atoms with Crippen LogP contribution in [0.4, 0.5) is 0 Å². The maximum absolute atomic E-state index is 13.9. The highest BCUT2D eigenvalue weighted by molar-refractivity contribution is 7.60. The summed E-state index contributed by atoms with van der Waals surface area (Å²) in [4.78, 5) is 10.4. The zero-order valence-electron chi connectivity index (χ0n) is 20.9. The van der Waals surface area contributed by atoms with Gasteiger partial charge in [0, 0.05) is 13.1 Å². The molecule has 5 unspecified atom stereocenters. The van der Waals surface area contributed by atoms with Gasteiger partial charge in [0.2, 0.25) is 7.37 Å². The van der Waals surface area contributed by atoms with Crippen molar-refractivity contribution >= 4 is 22.8 Å². The molecule has 0 aromatic rings. The third-order valence-corrected chi connectivity index (χ3v) is 12.4. The van der Waals surface area contributed by atoms with Gasteiger partial charge in [-0.25, -0.2) is 0 Å². The lowest BCUT2D eigenvalue weighted by Gasteiger charge is -2.44. The van der Waals surface area contributed by atoms with Crippen LogP contribution >= 0.6 is 15.0 Å². The smallest absolute Gasteiger partial charge is 0.359 e. The molecule has 0 bridgehead atoms. The lowest BCUT2D eigenvalue weighted by molar-refractivity contribution is -0.0345. The minimum Gasteiger partial charge on any atom is -0.388 e. The van der Waals surface area contributed by atoms with E-state index < -0.39 is 61.5 Å². The molecule has 1 aliphatic heterocycles. The molecule has 1 rings (SSSR count). The number of rotatable bonds is 12. The summed E-state index contributed by atoms with van der Waals surface area (Å²) in [6, 6.07) is -0.524. The van der Waals surface area contributed by atoms with E-state index in [1.54, 1.807) is 42.5 Å². The van der Waals surface area contributed by atoms with Crippen molar-refractivity contribution in [1.29, 1.82) is 0 Å². The minimum absolute atomic E-state index is 0.0137. The van der Waals surface area contributed by atoms with Gasteiger partial charge >= 0.3 is 7.60 Å². The van der Waals surface area contributed by atoms with Gasteiger partial charge in [0.1, 0.15) is 20.1 Å². The summed E-state index contributed by atoms with van der Waals surface area (Å²) >= 11 is 0. The van der Waals surface area contributed by atoms with Crippen LogP contribution in [0.3, 0.4) is 0 Å². The Morgan fingerprint density at radius 1 is 1.06 bits per heavy atom. The second-order valence-electron chi connectivity index (χ2n) is 10.1. The van der Waals surface area contributed by atoms with Crippen LogP contribution in [0.1, 0.15) is 74.1 Å². The van der Waals surface area contributed by atoms with E-state index in [-0.39, 0.29) is 19.3 Å². The molecule has 0 aliphatic carbocycles. The second-order valence-corrected chi connectivity index (χ2v) is 15.3. The van der Waals surface area contributed by atoms with E-state index in [9.17, 15) is 29.3 Å². The first-order chi connectivity index (χ1) is 14.3. The van der Waals surface area contributed by atoms with Crippen LogP contribution in [0.2, 0.25) is 0 Å². The predicted octanol–water partition coefficient (Wildman–Crippen LogP) is 2.43. The molecule has 1 heterocycles. The minimum atomic E-state index is -4.44. The first-order valence-corrected chi connectivity index (χ1v) is 15.0. The largest absolute Gasteiger partial charge is 0.388 e. The van der Waals surface area contributed by atoms with E-state index in [1.807, 2.05) is 6.92 Å². The van der Waals surface area contributed by atoms with Crippen molar-refractivity contribution < 1.29 is 43.1 Å². The lowest BCUT2D eigenvalue weighted by Crippen LogP contribution is -2.43. The van der Waals surface area contributed by atoms with Crippen molar-refractivity contribution in [2.75, 3.05) is 6.66 Å². The molecule has 1 aliphatic rings. The summed E-state index contributed by atoms with van der Waals surface area (Å²) in [7, 11) is -6.26. The Balaban J connectivity index is 3.13. The summed E-state index contributed by atoms with van der Waals surface area (Å²) in [6.45, 7) is 13.0. The molecule has 0 aromatic carbocycles. The molecule has 12 heteroatoms. The molecule has 0 spiro atoms. The maximum atomic E-state index is 13.9. The van der Waals surface area contributed by atoms with Crippen LogP contribution in [-0.4, -0.2) is 81.2 Å². The van der Waals surface area contributed by atoms with Crippen molar-refractivity contribution in [1.82, 2.24) is 0 Å². The third kappa shape index (κ3) is 6.27. The fourth-order valence-electron chi connectivity index (χ4n) is 3.76. The van der Waals surface area contributed by atoms with E-state index in [0.29, 0.717) is 6.42 Å². The second kappa shape index (κ2) is 10.5. The fraction of sp³-hybridized carbons (Fsp3) is 1.00. The molecule has 4 N–H and O–H groups in total. The standard InChI is InChI=1S/C20H43BO9P2/c1-9-14(29-32(26,27)20(7,24)11-3)18(4,5)31(8,25)30-19(6,10-2)12-13-15(22)16(23)17(21)28-13/h13-17,22-24H,9-12,21H2,1-8H3,(H,26,27)/t13-,14?,15-,16-,17-,19?,20?,31?/m1/s1. The van der Waals surface area contributed by atoms with E-state index in [4.69, 9.17) is 13.8 Å². The van der Waals surface area contributed by atoms with Crippen LogP contribution < -0.4 is 0 Å². The normalized spacial score (nSPS) is 33.0. The summed E-state index contributed by atoms with van der Waals surface area (Å²) in [6.07, 6.45) is -2.73. The molecular weight excluding hydrogens is 457 g/mol. The van der Waals surface area contributed by atoms with Gasteiger partial charge in [-0.1, -0.05) is 20.8 Å². The molecule has 32 heavy (non-hydrogen) atoms. The van der Waals surface area contributed by atoms with Crippen molar-refractivity contribution in [2.24, 2.45) is 0 Å². The van der Waals surface area contributed by atoms with E-state index >= 15 is 0 Å². The van der Waals surface area contributed by atoms with E-state index in [1.165, 1.54) is 13.6 Å². The van der Waals surface area contributed by atoms with Gasteiger partial charge in [0.15, 0.2) is 5.34 Å². The summed E-state index contributed by atoms with van der Waals surface area (Å²) in [5, 5.41) is 27.5. The van der Waals surface area contributed by atoms with Gasteiger partial charge in [-0.2, -0.15) is 0 Å². The van der Waals surface area contributed by atoms with Crippen LogP contribution in [-0.2, 0) is 22.9 Å². The van der Waals surface area contributed by atoms with Gasteiger partial charge in [0.25, 0.3) is 0 Å². The van der Waals surface area contributed by atoms with Gasteiger partial charge in [-0.3, -0.25) is 9.13 Å². The Morgan fingerprint density at radius 3 is 1.97 bits per heavy atom. The molecule has 190 valence electrons. The Hall–Kier alpha value is 0.245. The van der Waals surface area contributed by atoms with Crippen LogP contribution in [0.25, 0.3) is 0 Å². The number of aliphatic hydroxyl groups excluding tert-OH is 2. The topological polar surface area (TPSA) is 143 Å². The number of hydrogen-bond donors (Lipinski definition) is 4. The average molecular weight is 500 g/mol. The summed E-state index contributed by atoms with van der Waals surface area (Å²) < 4.78 is 44.1. The molecule has 1 saturated heterocycles. The van der Waals surface area contributed by atoms with Gasteiger partial charge in [0.05, 0.1) is 29.0 Å². The molecule has 1 fully saturated rings. The van der Waals surface area contributed by atoms with E-state index in [2.05, 4.69) is 0 Å². The summed E-state index contributed by atoms with van der Waals surface area (Å²) in [5.41, 5.74) is -0.951. The molecule has 0 amide bonds. The highest BCUT2D eigenvalue weighted by atomic mass is 31.2. The maximum Gasteiger partial charge on any atom is 0.359 e. The van der Waals surface area contributed by atoms with Gasteiger partial charge < -0.3 is 34.0 Å². The van der Waals surface area contributed by atoms with Crippen molar-refractivity contribution in [3.05, 3.63) is 0 Å². The Bertz CT molecular complexity index is 732. The highest BCUT2D eigenvalue weighted by Crippen LogP contribution is 2.65. The van der Waals surface area contributed by atoms with Gasteiger partial charge in [-0.05, 0) is 47.0 Å². The molecule has 0 saturated carbocycles. The third-order valence-electron chi connectivity index (χ3n) is 7.13. The average Bonchev–Trinajstić information content (AvgIpc) is 2.91. The lowest BCUT2D eigenvalue weighted by atomic mass is 9.90. The van der Waals surface area contributed by atoms with Crippen LogP contribution in [0, 0.1) is 0 Å². The van der Waals surface area contributed by atoms with Crippen molar-refractivity contribution in [2.45, 2.75) is 121 Å². The zero-order chi connectivity index (χ0) is 25.3. The first kappa shape index (κ1) is 30.3. The Morgan fingerprint density at radius 2 is 1.59 bits per heavy atom. The fourth-order valence-corrected chi connectivity index (χ4v) is 7.27. The molecule has 9 nitrogen and oxygen atoms in total. The number of ether oxygens (including phenoxy) is 1. The first-order valence-electron chi connectivity index (χ1n) is 11.3. The predicted molar refractivity (Wildman–Crippen MR) is 127 cm³/mol. The molecule has 0 radical (unpaired) electrons. The molecular formula is C20H43BO9P2. The zero-order valence-corrected chi connectivity index (χ0v) is 22.7. The van der Waals surface area contributed by atoms with Gasteiger partial charge in [-0.15, -0.1) is 0 Å². The number of aliphatic hydroxyl groups is 3. The molecule has 9 atom stereocenters. The van der Waals surface area contributed by atoms with Crippen molar-refractivity contribution in [3.8, 4) is 0 Å². The SMILES string of the molecule is B[C@@H]1O[C@H](CC(C)(CC)OP(C)(=O)C(C)(C)C(CC)OP(=O)(O)C(C)(O)CC)[C@@H](O)[C@H]1O. The quantitative estimate of drug-likeness (QED) is 0.235. The highest BCUT2D eigenvalue weighted by Gasteiger charge is 2.53.